The minimum Gasteiger partial charge on any atom is -0.459 e. The highest BCUT2D eigenvalue weighted by Gasteiger charge is 2.38. The van der Waals surface area contributed by atoms with E-state index in [-0.39, 0.29) is 11.6 Å². The second-order valence-electron chi connectivity index (χ2n) is 6.76. The lowest BCUT2D eigenvalue weighted by atomic mass is 9.90. The van der Waals surface area contributed by atoms with E-state index in [0.29, 0.717) is 0 Å². The van der Waals surface area contributed by atoms with Crippen molar-refractivity contribution < 1.29 is 4.42 Å². The minimum absolute atomic E-state index is 0.0498. The van der Waals surface area contributed by atoms with Crippen LogP contribution in [0.5, 0.6) is 0 Å². The van der Waals surface area contributed by atoms with E-state index in [0.717, 1.165) is 11.3 Å². The van der Waals surface area contributed by atoms with Gasteiger partial charge in [0.1, 0.15) is 11.3 Å². The minimum atomic E-state index is 0.0498. The van der Waals surface area contributed by atoms with Gasteiger partial charge in [-0.2, -0.15) is 0 Å². The smallest absolute Gasteiger partial charge is 0.134 e. The average Bonchev–Trinajstić information content (AvgIpc) is 3.07. The maximum absolute atomic E-state index is 6.13. The van der Waals surface area contributed by atoms with Crippen LogP contribution in [0, 0.1) is 6.92 Å². The summed E-state index contributed by atoms with van der Waals surface area (Å²) in [4.78, 5) is 2.58. The van der Waals surface area contributed by atoms with Crippen LogP contribution >= 0.6 is 0 Å². The van der Waals surface area contributed by atoms with Gasteiger partial charge < -0.3 is 9.73 Å². The lowest BCUT2D eigenvalue weighted by molar-refractivity contribution is 0.101. The van der Waals surface area contributed by atoms with E-state index in [1.165, 1.54) is 36.9 Å². The molecule has 2 heterocycles. The molecule has 0 radical (unpaired) electrons. The lowest BCUT2D eigenvalue weighted by Gasteiger charge is -2.41. The molecule has 1 fully saturated rings. The van der Waals surface area contributed by atoms with Crippen molar-refractivity contribution in [3.05, 3.63) is 35.6 Å². The molecule has 3 heteroatoms. The molecule has 1 atom stereocenters. The summed E-state index contributed by atoms with van der Waals surface area (Å²) in [5, 5.41) is 4.67. The number of likely N-dealkylation sites (tertiary alicyclic amines) is 1. The third kappa shape index (κ3) is 2.60. The molecule has 0 bridgehead atoms. The summed E-state index contributed by atoms with van der Waals surface area (Å²) in [6, 6.07) is 8.77. The van der Waals surface area contributed by atoms with E-state index in [9.17, 15) is 0 Å². The zero-order valence-corrected chi connectivity index (χ0v) is 13.6. The molecule has 1 aliphatic heterocycles. The van der Waals surface area contributed by atoms with Gasteiger partial charge in [0.15, 0.2) is 0 Å². The van der Waals surface area contributed by atoms with E-state index in [1.807, 2.05) is 7.05 Å². The number of benzene rings is 1. The molecule has 21 heavy (non-hydrogen) atoms. The largest absolute Gasteiger partial charge is 0.459 e. The van der Waals surface area contributed by atoms with Gasteiger partial charge in [0.25, 0.3) is 0 Å². The first-order valence-corrected chi connectivity index (χ1v) is 7.95. The fourth-order valence-corrected chi connectivity index (χ4v) is 3.65. The average molecular weight is 286 g/mol. The van der Waals surface area contributed by atoms with Crippen LogP contribution in [-0.4, -0.2) is 30.6 Å². The number of likely N-dealkylation sites (N-methyl/N-ethyl adjacent to an activating group) is 1. The molecule has 0 amide bonds. The molecule has 1 aliphatic rings. The molecule has 1 aromatic heterocycles. The van der Waals surface area contributed by atoms with Gasteiger partial charge in [-0.05, 0) is 71.9 Å². The number of furan rings is 1. The van der Waals surface area contributed by atoms with Crippen molar-refractivity contribution in [2.24, 2.45) is 0 Å². The molecule has 0 saturated carbocycles. The monoisotopic (exact) mass is 286 g/mol. The predicted octanol–water partition coefficient (Wildman–Crippen LogP) is 3.88. The highest BCUT2D eigenvalue weighted by molar-refractivity contribution is 5.78. The van der Waals surface area contributed by atoms with E-state index in [4.69, 9.17) is 4.42 Å². The van der Waals surface area contributed by atoms with Crippen LogP contribution in [-0.2, 0) is 0 Å². The van der Waals surface area contributed by atoms with Crippen LogP contribution < -0.4 is 5.32 Å². The van der Waals surface area contributed by atoms with Gasteiger partial charge in [-0.1, -0.05) is 11.6 Å². The highest BCUT2D eigenvalue weighted by Crippen LogP contribution is 2.35. The Morgan fingerprint density at radius 1 is 1.19 bits per heavy atom. The Balaban J connectivity index is 1.97. The van der Waals surface area contributed by atoms with Crippen LogP contribution in [0.3, 0.4) is 0 Å². The SMILES string of the molecule is CNC(c1cc2cc(C)ccc2o1)C(C)(C)N1CCCC1. The summed E-state index contributed by atoms with van der Waals surface area (Å²) in [6.07, 6.45) is 2.61. The highest BCUT2D eigenvalue weighted by atomic mass is 16.3. The summed E-state index contributed by atoms with van der Waals surface area (Å²) in [7, 11) is 2.03. The summed E-state index contributed by atoms with van der Waals surface area (Å²) in [5.74, 6) is 1.04. The quantitative estimate of drug-likeness (QED) is 0.924. The number of nitrogens with one attached hydrogen (secondary N) is 1. The van der Waals surface area contributed by atoms with Crippen LogP contribution in [0.15, 0.2) is 28.7 Å². The van der Waals surface area contributed by atoms with Gasteiger partial charge in [-0.15, -0.1) is 0 Å². The maximum Gasteiger partial charge on any atom is 0.134 e. The van der Waals surface area contributed by atoms with Gasteiger partial charge in [0.05, 0.1) is 6.04 Å². The van der Waals surface area contributed by atoms with Gasteiger partial charge in [0.2, 0.25) is 0 Å². The molecular formula is C18H26N2O. The van der Waals surface area contributed by atoms with Crippen LogP contribution in [0.2, 0.25) is 0 Å². The van der Waals surface area contributed by atoms with Crippen LogP contribution in [0.25, 0.3) is 11.0 Å². The van der Waals surface area contributed by atoms with Crippen molar-refractivity contribution in [3.8, 4) is 0 Å². The van der Waals surface area contributed by atoms with Gasteiger partial charge >= 0.3 is 0 Å². The fourth-order valence-electron chi connectivity index (χ4n) is 3.65. The predicted molar refractivity (Wildman–Crippen MR) is 87.6 cm³/mol. The van der Waals surface area contributed by atoms with Crippen LogP contribution in [0.1, 0.15) is 44.1 Å². The first-order valence-electron chi connectivity index (χ1n) is 7.95. The van der Waals surface area contributed by atoms with Gasteiger partial charge in [0, 0.05) is 10.9 Å². The van der Waals surface area contributed by atoms with E-state index < -0.39 is 0 Å². The van der Waals surface area contributed by atoms with E-state index in [2.05, 4.69) is 55.3 Å². The molecule has 3 nitrogen and oxygen atoms in total. The lowest BCUT2D eigenvalue weighted by Crippen LogP contribution is -2.50. The Labute approximate surface area is 127 Å². The fraction of sp³-hybridized carbons (Fsp3) is 0.556. The number of rotatable bonds is 4. The van der Waals surface area contributed by atoms with Crippen molar-refractivity contribution in [1.29, 1.82) is 0 Å². The van der Waals surface area contributed by atoms with Crippen molar-refractivity contribution in [2.75, 3.05) is 20.1 Å². The maximum atomic E-state index is 6.13. The third-order valence-corrected chi connectivity index (χ3v) is 4.89. The van der Waals surface area contributed by atoms with Crippen LogP contribution in [0.4, 0.5) is 0 Å². The second kappa shape index (κ2) is 5.47. The van der Waals surface area contributed by atoms with Crippen molar-refractivity contribution in [1.82, 2.24) is 10.2 Å². The molecule has 1 saturated heterocycles. The summed E-state index contributed by atoms with van der Waals surface area (Å²) in [5.41, 5.74) is 2.30. The van der Waals surface area contributed by atoms with Crippen molar-refractivity contribution >= 4 is 11.0 Å². The number of nitrogens with zero attached hydrogens (tertiary/aromatic N) is 1. The number of hydrogen-bond acceptors (Lipinski definition) is 3. The Bertz CT molecular complexity index is 623. The molecule has 1 N–H and O–H groups in total. The second-order valence-corrected chi connectivity index (χ2v) is 6.76. The molecule has 1 aromatic carbocycles. The molecule has 1 unspecified atom stereocenters. The van der Waals surface area contributed by atoms with E-state index in [1.54, 1.807) is 0 Å². The normalized spacial score (nSPS) is 18.5. The molecule has 2 aromatic rings. The number of hydrogen-bond donors (Lipinski definition) is 1. The number of fused-ring (bicyclic) bond motifs is 1. The Morgan fingerprint density at radius 3 is 2.57 bits per heavy atom. The standard InChI is InChI=1S/C18H26N2O/c1-13-7-8-15-14(11-13)12-16(21-15)17(19-4)18(2,3)20-9-5-6-10-20/h7-8,11-12,17,19H,5-6,9-10H2,1-4H3. The Hall–Kier alpha value is -1.32. The molecule has 0 spiro atoms. The van der Waals surface area contributed by atoms with Crippen molar-refractivity contribution in [3.63, 3.8) is 0 Å². The topological polar surface area (TPSA) is 28.4 Å². The Morgan fingerprint density at radius 2 is 1.90 bits per heavy atom. The molecule has 114 valence electrons. The van der Waals surface area contributed by atoms with Crippen molar-refractivity contribution in [2.45, 2.75) is 45.2 Å². The first-order chi connectivity index (χ1) is 10.0. The summed E-state index contributed by atoms with van der Waals surface area (Å²) in [6.45, 7) is 9.13. The first kappa shape index (κ1) is 14.6. The van der Waals surface area contributed by atoms with E-state index >= 15 is 0 Å². The molecule has 3 rings (SSSR count). The zero-order chi connectivity index (χ0) is 15.0. The van der Waals surface area contributed by atoms with Gasteiger partial charge in [-0.25, -0.2) is 0 Å². The molecular weight excluding hydrogens is 260 g/mol. The summed E-state index contributed by atoms with van der Waals surface area (Å²) >= 11 is 0. The Kier molecular flexibility index (Phi) is 3.80. The zero-order valence-electron chi connectivity index (χ0n) is 13.6. The number of aryl methyl sites for hydroxylation is 1. The van der Waals surface area contributed by atoms with Gasteiger partial charge in [-0.3, -0.25) is 4.90 Å². The third-order valence-electron chi connectivity index (χ3n) is 4.89. The summed E-state index contributed by atoms with van der Waals surface area (Å²) < 4.78 is 6.13. The molecule has 0 aliphatic carbocycles.